The van der Waals surface area contributed by atoms with Gasteiger partial charge in [-0.2, -0.15) is 16.9 Å². The molecule has 0 aliphatic rings. The van der Waals surface area contributed by atoms with E-state index in [-0.39, 0.29) is 0 Å². The standard InChI is InChI=1S/C14H22N4S/c1-10(9-19-4)6-15-7-12-5-13-11(2)17-18(3)14(13)16-8-12/h5,8,10,15H,6-7,9H2,1-4H3. The number of fused-ring (bicyclic) bond motifs is 1. The lowest BCUT2D eigenvalue weighted by Crippen LogP contribution is -2.22. The summed E-state index contributed by atoms with van der Waals surface area (Å²) in [5.74, 6) is 1.90. The molecule has 0 radical (unpaired) electrons. The molecule has 2 aromatic heterocycles. The summed E-state index contributed by atoms with van der Waals surface area (Å²) >= 11 is 1.90. The Morgan fingerprint density at radius 3 is 3.00 bits per heavy atom. The number of thioether (sulfide) groups is 1. The molecule has 0 fully saturated rings. The van der Waals surface area contributed by atoms with Crippen molar-refractivity contribution in [2.24, 2.45) is 13.0 Å². The van der Waals surface area contributed by atoms with Crippen molar-refractivity contribution >= 4 is 22.8 Å². The molecule has 0 spiro atoms. The van der Waals surface area contributed by atoms with E-state index in [4.69, 9.17) is 0 Å². The van der Waals surface area contributed by atoms with Crippen molar-refractivity contribution in [3.63, 3.8) is 0 Å². The summed E-state index contributed by atoms with van der Waals surface area (Å²) in [7, 11) is 1.93. The quantitative estimate of drug-likeness (QED) is 0.881. The second-order valence-electron chi connectivity index (χ2n) is 5.12. The second-order valence-corrected chi connectivity index (χ2v) is 6.03. The Labute approximate surface area is 119 Å². The molecule has 0 saturated carbocycles. The predicted molar refractivity (Wildman–Crippen MR) is 82.5 cm³/mol. The maximum absolute atomic E-state index is 4.49. The van der Waals surface area contributed by atoms with Crippen LogP contribution < -0.4 is 5.32 Å². The summed E-state index contributed by atoms with van der Waals surface area (Å²) in [6.07, 6.45) is 4.09. The van der Waals surface area contributed by atoms with E-state index in [9.17, 15) is 0 Å². The number of pyridine rings is 1. The van der Waals surface area contributed by atoms with Crippen molar-refractivity contribution in [3.8, 4) is 0 Å². The molecule has 4 nitrogen and oxygen atoms in total. The highest BCUT2D eigenvalue weighted by Crippen LogP contribution is 2.16. The SMILES string of the molecule is CSCC(C)CNCc1cnc2c(c1)c(C)nn2C. The van der Waals surface area contributed by atoms with Crippen molar-refractivity contribution in [1.29, 1.82) is 0 Å². The molecule has 2 rings (SSSR count). The van der Waals surface area contributed by atoms with E-state index in [0.29, 0.717) is 5.92 Å². The van der Waals surface area contributed by atoms with Gasteiger partial charge in [0.15, 0.2) is 5.65 Å². The minimum atomic E-state index is 0.701. The Kier molecular flexibility index (Phi) is 4.82. The smallest absolute Gasteiger partial charge is 0.157 e. The Hall–Kier alpha value is -1.07. The summed E-state index contributed by atoms with van der Waals surface area (Å²) in [5, 5.41) is 9.04. The van der Waals surface area contributed by atoms with Crippen molar-refractivity contribution < 1.29 is 0 Å². The minimum Gasteiger partial charge on any atom is -0.312 e. The highest BCUT2D eigenvalue weighted by Gasteiger charge is 2.07. The molecule has 0 aliphatic carbocycles. The zero-order valence-corrected chi connectivity index (χ0v) is 12.9. The van der Waals surface area contributed by atoms with Crippen LogP contribution >= 0.6 is 11.8 Å². The van der Waals surface area contributed by atoms with Crippen LogP contribution in [0.25, 0.3) is 11.0 Å². The third-order valence-corrected chi connectivity index (χ3v) is 4.10. The fourth-order valence-electron chi connectivity index (χ4n) is 2.25. The lowest BCUT2D eigenvalue weighted by molar-refractivity contribution is 0.559. The molecule has 5 heteroatoms. The Balaban J connectivity index is 2.00. The van der Waals surface area contributed by atoms with Crippen molar-refractivity contribution in [3.05, 3.63) is 23.5 Å². The summed E-state index contributed by atoms with van der Waals surface area (Å²) in [6, 6.07) is 2.19. The van der Waals surface area contributed by atoms with Crippen LogP contribution in [0, 0.1) is 12.8 Å². The van der Waals surface area contributed by atoms with Crippen LogP contribution in [0.5, 0.6) is 0 Å². The fraction of sp³-hybridized carbons (Fsp3) is 0.571. The van der Waals surface area contributed by atoms with Gasteiger partial charge in [0.05, 0.1) is 5.69 Å². The number of nitrogens with one attached hydrogen (secondary N) is 1. The van der Waals surface area contributed by atoms with Gasteiger partial charge in [-0.05, 0) is 43.0 Å². The third kappa shape index (κ3) is 3.48. The highest BCUT2D eigenvalue weighted by molar-refractivity contribution is 7.98. The van der Waals surface area contributed by atoms with E-state index in [1.165, 1.54) is 11.3 Å². The number of hydrogen-bond acceptors (Lipinski definition) is 4. The molecule has 1 atom stereocenters. The lowest BCUT2D eigenvalue weighted by Gasteiger charge is -2.11. The number of hydrogen-bond donors (Lipinski definition) is 1. The van der Waals surface area contributed by atoms with E-state index in [1.54, 1.807) is 0 Å². The van der Waals surface area contributed by atoms with Crippen LogP contribution in [0.2, 0.25) is 0 Å². The molecule has 0 saturated heterocycles. The summed E-state index contributed by atoms with van der Waals surface area (Å²) in [5.41, 5.74) is 3.22. The Morgan fingerprint density at radius 2 is 2.26 bits per heavy atom. The highest BCUT2D eigenvalue weighted by atomic mass is 32.2. The molecule has 2 heterocycles. The molecule has 0 bridgehead atoms. The van der Waals surface area contributed by atoms with Crippen LogP contribution in [-0.2, 0) is 13.6 Å². The number of nitrogens with zero attached hydrogens (tertiary/aromatic N) is 3. The average molecular weight is 278 g/mol. The minimum absolute atomic E-state index is 0.701. The molecule has 19 heavy (non-hydrogen) atoms. The number of aromatic nitrogens is 3. The number of rotatable bonds is 6. The first-order valence-electron chi connectivity index (χ1n) is 6.59. The van der Waals surface area contributed by atoms with E-state index in [2.05, 4.69) is 34.6 Å². The van der Waals surface area contributed by atoms with Crippen molar-refractivity contribution in [1.82, 2.24) is 20.1 Å². The van der Waals surface area contributed by atoms with Crippen molar-refractivity contribution in [2.45, 2.75) is 20.4 Å². The zero-order chi connectivity index (χ0) is 13.8. The molecule has 0 aromatic carbocycles. The van der Waals surface area contributed by atoms with Gasteiger partial charge in [-0.15, -0.1) is 0 Å². The first kappa shape index (κ1) is 14.3. The summed E-state index contributed by atoms with van der Waals surface area (Å²) < 4.78 is 1.84. The normalized spacial score (nSPS) is 13.1. The molecule has 1 unspecified atom stereocenters. The number of aryl methyl sites for hydroxylation is 2. The average Bonchev–Trinajstić information content (AvgIpc) is 2.65. The predicted octanol–water partition coefficient (Wildman–Crippen LogP) is 2.37. The molecular weight excluding hydrogens is 256 g/mol. The summed E-state index contributed by atoms with van der Waals surface area (Å²) in [6.45, 7) is 6.22. The Bertz CT molecular complexity index is 550. The maximum atomic E-state index is 4.49. The molecule has 0 amide bonds. The van der Waals surface area contributed by atoms with Gasteiger partial charge in [-0.3, -0.25) is 4.68 Å². The summed E-state index contributed by atoms with van der Waals surface area (Å²) in [4.78, 5) is 4.49. The van der Waals surface area contributed by atoms with Gasteiger partial charge >= 0.3 is 0 Å². The van der Waals surface area contributed by atoms with E-state index < -0.39 is 0 Å². The maximum Gasteiger partial charge on any atom is 0.157 e. The van der Waals surface area contributed by atoms with Gasteiger partial charge in [0.2, 0.25) is 0 Å². The van der Waals surface area contributed by atoms with Gasteiger partial charge in [0, 0.05) is 25.2 Å². The first-order chi connectivity index (χ1) is 9.11. The fourth-order valence-corrected chi connectivity index (χ4v) is 2.94. The lowest BCUT2D eigenvalue weighted by atomic mass is 10.2. The van der Waals surface area contributed by atoms with Gasteiger partial charge in [0.25, 0.3) is 0 Å². The largest absolute Gasteiger partial charge is 0.312 e. The molecule has 104 valence electrons. The van der Waals surface area contributed by atoms with E-state index in [0.717, 1.165) is 29.8 Å². The molecule has 1 N–H and O–H groups in total. The van der Waals surface area contributed by atoms with Crippen LogP contribution in [0.15, 0.2) is 12.3 Å². The first-order valence-corrected chi connectivity index (χ1v) is 7.99. The van der Waals surface area contributed by atoms with Gasteiger partial charge in [-0.25, -0.2) is 4.98 Å². The Morgan fingerprint density at radius 1 is 1.47 bits per heavy atom. The van der Waals surface area contributed by atoms with Crippen molar-refractivity contribution in [2.75, 3.05) is 18.6 Å². The van der Waals surface area contributed by atoms with Gasteiger partial charge < -0.3 is 5.32 Å². The topological polar surface area (TPSA) is 42.7 Å². The van der Waals surface area contributed by atoms with Gasteiger partial charge in [-0.1, -0.05) is 6.92 Å². The van der Waals surface area contributed by atoms with Crippen LogP contribution in [0.3, 0.4) is 0 Å². The monoisotopic (exact) mass is 278 g/mol. The van der Waals surface area contributed by atoms with Gasteiger partial charge in [0.1, 0.15) is 0 Å². The van der Waals surface area contributed by atoms with Crippen LogP contribution in [0.1, 0.15) is 18.2 Å². The zero-order valence-electron chi connectivity index (χ0n) is 12.1. The molecule has 0 aliphatic heterocycles. The van der Waals surface area contributed by atoms with Crippen LogP contribution in [-0.4, -0.2) is 33.3 Å². The third-order valence-electron chi connectivity index (χ3n) is 3.19. The molecular formula is C14H22N4S. The van der Waals surface area contributed by atoms with Crippen LogP contribution in [0.4, 0.5) is 0 Å². The van der Waals surface area contributed by atoms with E-state index in [1.807, 2.05) is 36.6 Å². The van der Waals surface area contributed by atoms with E-state index >= 15 is 0 Å². The molecule has 2 aromatic rings. The second kappa shape index (κ2) is 6.39.